The Hall–Kier alpha value is -3.79. The first-order valence-corrected chi connectivity index (χ1v) is 17.2. The number of rotatable bonds is 12. The van der Waals surface area contributed by atoms with Crippen LogP contribution in [0, 0.1) is 0 Å². The van der Waals surface area contributed by atoms with E-state index in [0.717, 1.165) is 48.7 Å². The van der Waals surface area contributed by atoms with Crippen LogP contribution >= 0.6 is 0 Å². The zero-order valence-corrected chi connectivity index (χ0v) is 32.1. The van der Waals surface area contributed by atoms with Gasteiger partial charge in [0.05, 0.1) is 20.1 Å². The number of carbonyl (C=O) groups is 7. The van der Waals surface area contributed by atoms with Gasteiger partial charge in [-0.2, -0.15) is 0 Å². The Morgan fingerprint density at radius 3 is 1.83 bits per heavy atom. The molecule has 0 bridgehead atoms. The predicted molar refractivity (Wildman–Crippen MR) is 173 cm³/mol. The number of ether oxygens (including phenoxy) is 12. The smallest absolute Gasteiger partial charge is 0.366 e. The second kappa shape index (κ2) is 16.5. The number of fused-ring (bicyclic) bond motifs is 3. The van der Waals surface area contributed by atoms with E-state index >= 15 is 0 Å². The summed E-state index contributed by atoms with van der Waals surface area (Å²) < 4.78 is 70.2. The monoisotopic (exact) mass is 775 g/mol. The summed E-state index contributed by atoms with van der Waals surface area (Å²) in [5.41, 5.74) is 0. The van der Waals surface area contributed by atoms with E-state index in [1.54, 1.807) is 27.7 Å². The second-order valence-corrected chi connectivity index (χ2v) is 14.1. The zero-order valence-electron chi connectivity index (χ0n) is 32.1. The van der Waals surface area contributed by atoms with Gasteiger partial charge in [-0.15, -0.1) is 0 Å². The third kappa shape index (κ3) is 9.71. The van der Waals surface area contributed by atoms with Gasteiger partial charge < -0.3 is 56.8 Å². The van der Waals surface area contributed by atoms with Crippen LogP contribution in [0.2, 0.25) is 0 Å². The van der Waals surface area contributed by atoms with Crippen molar-refractivity contribution >= 4 is 41.7 Å². The summed E-state index contributed by atoms with van der Waals surface area (Å²) in [6.45, 7) is 11.7. The molecule has 0 aromatic carbocycles. The number of amides is 2. The van der Waals surface area contributed by atoms with Crippen LogP contribution in [0.15, 0.2) is 0 Å². The van der Waals surface area contributed by atoms with Crippen molar-refractivity contribution in [2.75, 3.05) is 20.3 Å². The van der Waals surface area contributed by atoms with Gasteiger partial charge in [-0.3, -0.25) is 33.7 Å². The molecule has 0 N–H and O–H groups in total. The molecule has 0 aromatic heterocycles. The molecule has 11 atom stereocenters. The molecule has 0 radical (unpaired) electrons. The summed E-state index contributed by atoms with van der Waals surface area (Å²) in [5, 5.41) is 0. The zero-order chi connectivity index (χ0) is 40.5. The van der Waals surface area contributed by atoms with Crippen molar-refractivity contribution < 1.29 is 90.4 Å². The van der Waals surface area contributed by atoms with Crippen LogP contribution in [0.25, 0.3) is 0 Å². The summed E-state index contributed by atoms with van der Waals surface area (Å²) >= 11 is 0. The Labute approximate surface area is 311 Å². The molecule has 0 aromatic rings. The van der Waals surface area contributed by atoms with Crippen LogP contribution in [0.1, 0.15) is 75.7 Å². The molecule has 0 aliphatic carbocycles. The summed E-state index contributed by atoms with van der Waals surface area (Å²) in [6.07, 6.45) is -12.0. The van der Waals surface area contributed by atoms with Gasteiger partial charge >= 0.3 is 29.8 Å². The van der Waals surface area contributed by atoms with E-state index in [2.05, 4.69) is 0 Å². The van der Waals surface area contributed by atoms with Crippen LogP contribution in [-0.2, 0) is 90.4 Å². The van der Waals surface area contributed by atoms with Gasteiger partial charge in [0.1, 0.15) is 49.3 Å². The fourth-order valence-electron chi connectivity index (χ4n) is 7.11. The van der Waals surface area contributed by atoms with Crippen LogP contribution in [-0.4, -0.2) is 145 Å². The molecule has 20 heteroatoms. The normalized spacial score (nSPS) is 33.2. The molecule has 4 aliphatic heterocycles. The lowest BCUT2D eigenvalue weighted by molar-refractivity contribution is -0.332. The van der Waals surface area contributed by atoms with Crippen LogP contribution < -0.4 is 0 Å². The lowest BCUT2D eigenvalue weighted by Gasteiger charge is -2.51. The maximum Gasteiger partial charge on any atom is 0.366 e. The molecular weight excluding hydrogens is 726 g/mol. The molecule has 0 unspecified atom stereocenters. The van der Waals surface area contributed by atoms with Crippen molar-refractivity contribution in [2.24, 2.45) is 0 Å². The molecule has 4 rings (SSSR count). The van der Waals surface area contributed by atoms with E-state index in [0.29, 0.717) is 4.90 Å². The Kier molecular flexibility index (Phi) is 13.1. The predicted octanol–water partition coefficient (Wildman–Crippen LogP) is 0.180. The Bertz CT molecular complexity index is 1470. The first-order valence-electron chi connectivity index (χ1n) is 17.2. The third-order valence-electron chi connectivity index (χ3n) is 8.80. The maximum absolute atomic E-state index is 13.9. The third-order valence-corrected chi connectivity index (χ3v) is 8.80. The SMILES string of the molecule is COC(=O)[C@@]1(OC[C@H]2O[C@@H]3OC(C)(C)O[C@@H]3[C@H]3OC(C)(C)O[C@H]32)C[C@H](OC(C)=O)[C@@H](N(C(C)=O)C(C)=O)[C@H]([C@H](OC(C)=O)[C@@H](COC(C)=O)OC(C)=O)O1. The minimum atomic E-state index is -2.58. The maximum atomic E-state index is 13.9. The highest BCUT2D eigenvalue weighted by molar-refractivity contribution is 5.93. The highest BCUT2D eigenvalue weighted by Gasteiger charge is 2.64. The first kappa shape index (κ1) is 42.9. The van der Waals surface area contributed by atoms with Gasteiger partial charge in [0.15, 0.2) is 30.1 Å². The van der Waals surface area contributed by atoms with E-state index < -0.39 is 140 Å². The van der Waals surface area contributed by atoms with Crippen molar-refractivity contribution in [3.05, 3.63) is 0 Å². The molecule has 304 valence electrons. The fourth-order valence-corrected chi connectivity index (χ4v) is 7.11. The van der Waals surface area contributed by atoms with Crippen molar-refractivity contribution in [1.29, 1.82) is 0 Å². The van der Waals surface area contributed by atoms with Crippen molar-refractivity contribution in [3.63, 3.8) is 0 Å². The van der Waals surface area contributed by atoms with E-state index in [1.165, 1.54) is 0 Å². The highest BCUT2D eigenvalue weighted by Crippen LogP contribution is 2.45. The summed E-state index contributed by atoms with van der Waals surface area (Å²) in [4.78, 5) is 90.3. The number of carbonyl (C=O) groups excluding carboxylic acids is 7. The topological polar surface area (TPSA) is 233 Å². The van der Waals surface area contributed by atoms with Gasteiger partial charge in [0.2, 0.25) is 11.8 Å². The van der Waals surface area contributed by atoms with Crippen LogP contribution in [0.5, 0.6) is 0 Å². The Morgan fingerprint density at radius 2 is 1.30 bits per heavy atom. The molecule has 4 heterocycles. The number of methoxy groups -OCH3 is 1. The van der Waals surface area contributed by atoms with Gasteiger partial charge in [0, 0.05) is 41.5 Å². The average molecular weight is 776 g/mol. The van der Waals surface area contributed by atoms with Gasteiger partial charge in [-0.05, 0) is 27.7 Å². The average Bonchev–Trinajstić information content (AvgIpc) is 3.53. The number of esters is 5. The van der Waals surface area contributed by atoms with Crippen molar-refractivity contribution in [2.45, 2.75) is 154 Å². The molecule has 4 aliphatic rings. The molecular formula is C34H49NO19. The molecule has 20 nitrogen and oxygen atoms in total. The lowest BCUT2D eigenvalue weighted by atomic mass is 9.86. The summed E-state index contributed by atoms with van der Waals surface area (Å²) in [5.74, 6) is -11.3. The Balaban J connectivity index is 1.85. The first-order chi connectivity index (χ1) is 25.0. The minimum absolute atomic E-state index is 0.505. The second-order valence-electron chi connectivity index (χ2n) is 14.1. The standard InChI is InChI=1S/C34H49NO19/c1-15(36)35(16(2)37)24-21(46-18(4)39)12-34(31(42)43-11,53-27(24)25(48-20(6)41)22(47-19(5)40)13-44-17(3)38)45-14-23-26-28(51-32(7,8)50-26)29-30(49-23)54-33(9,10)52-29/h21-30H,12-14H2,1-11H3/t21-,22+,23+,24+,25+,26-,27+,28-,29+,30+,34+/m0/s1. The molecule has 0 spiro atoms. The highest BCUT2D eigenvalue weighted by atomic mass is 16.9. The summed E-state index contributed by atoms with van der Waals surface area (Å²) in [6, 6.07) is -1.67. The number of hydrogen-bond donors (Lipinski definition) is 0. The fraction of sp³-hybridized carbons (Fsp3) is 0.794. The molecule has 54 heavy (non-hydrogen) atoms. The molecule has 4 saturated heterocycles. The van der Waals surface area contributed by atoms with Crippen LogP contribution in [0.4, 0.5) is 0 Å². The number of imide groups is 1. The molecule has 2 amide bonds. The quantitative estimate of drug-likeness (QED) is 0.190. The van der Waals surface area contributed by atoms with E-state index in [-0.39, 0.29) is 0 Å². The van der Waals surface area contributed by atoms with E-state index in [9.17, 15) is 33.6 Å². The molecule has 0 saturated carbocycles. The van der Waals surface area contributed by atoms with Gasteiger partial charge in [-0.25, -0.2) is 4.79 Å². The van der Waals surface area contributed by atoms with Crippen LogP contribution in [0.3, 0.4) is 0 Å². The lowest BCUT2D eigenvalue weighted by Crippen LogP contribution is -2.70. The van der Waals surface area contributed by atoms with E-state index in [1.807, 2.05) is 0 Å². The molecule has 4 fully saturated rings. The number of nitrogens with zero attached hydrogens (tertiary/aromatic N) is 1. The van der Waals surface area contributed by atoms with Crippen molar-refractivity contribution in [3.8, 4) is 0 Å². The summed E-state index contributed by atoms with van der Waals surface area (Å²) in [7, 11) is 1.02. The van der Waals surface area contributed by atoms with E-state index in [4.69, 9.17) is 56.8 Å². The van der Waals surface area contributed by atoms with Gasteiger partial charge in [-0.1, -0.05) is 0 Å². The largest absolute Gasteiger partial charge is 0.465 e. The Morgan fingerprint density at radius 1 is 0.722 bits per heavy atom. The van der Waals surface area contributed by atoms with Gasteiger partial charge in [0.25, 0.3) is 5.79 Å². The minimum Gasteiger partial charge on any atom is -0.465 e. The number of hydrogen-bond acceptors (Lipinski definition) is 19. The van der Waals surface area contributed by atoms with Crippen molar-refractivity contribution in [1.82, 2.24) is 4.90 Å².